The molecule has 1 aliphatic rings. The van der Waals surface area contributed by atoms with Gasteiger partial charge in [-0.15, -0.1) is 0 Å². The molecule has 4 heteroatoms. The van der Waals surface area contributed by atoms with Crippen molar-refractivity contribution < 1.29 is 9.53 Å². The highest BCUT2D eigenvalue weighted by Crippen LogP contribution is 2.29. The van der Waals surface area contributed by atoms with Gasteiger partial charge in [-0.05, 0) is 36.1 Å². The van der Waals surface area contributed by atoms with E-state index in [4.69, 9.17) is 4.74 Å². The average molecular weight is 386 g/mol. The van der Waals surface area contributed by atoms with Gasteiger partial charge < -0.3 is 9.64 Å². The molecule has 4 nitrogen and oxygen atoms in total. The summed E-state index contributed by atoms with van der Waals surface area (Å²) in [5.41, 5.74) is 2.35. The van der Waals surface area contributed by atoms with E-state index in [-0.39, 0.29) is 17.9 Å². The van der Waals surface area contributed by atoms with Crippen LogP contribution in [0.4, 0.5) is 0 Å². The van der Waals surface area contributed by atoms with Crippen LogP contribution < -0.4 is 4.74 Å². The third-order valence-electron chi connectivity index (χ3n) is 5.47. The quantitative estimate of drug-likeness (QED) is 0.618. The first-order valence-electron chi connectivity index (χ1n) is 10.2. The van der Waals surface area contributed by atoms with Gasteiger partial charge >= 0.3 is 0 Å². The highest BCUT2D eigenvalue weighted by atomic mass is 16.5. The summed E-state index contributed by atoms with van der Waals surface area (Å²) in [4.78, 5) is 19.2. The molecule has 0 saturated carbocycles. The summed E-state index contributed by atoms with van der Waals surface area (Å²) in [5, 5.41) is 0. The molecule has 1 fully saturated rings. The van der Waals surface area contributed by atoms with Gasteiger partial charge in [-0.3, -0.25) is 9.78 Å². The molecule has 1 atom stereocenters. The van der Waals surface area contributed by atoms with E-state index in [1.807, 2.05) is 53.4 Å². The lowest BCUT2D eigenvalue weighted by Gasteiger charge is -2.34. The van der Waals surface area contributed by atoms with Crippen molar-refractivity contribution in [3.8, 4) is 5.75 Å². The molecule has 4 rings (SSSR count). The molecule has 0 radical (unpaired) electrons. The minimum atomic E-state index is 0.0296. The van der Waals surface area contributed by atoms with Crippen LogP contribution >= 0.6 is 0 Å². The summed E-state index contributed by atoms with van der Waals surface area (Å²) in [7, 11) is 0. The standard InChI is InChI=1S/C25H26N2O2/c28-25(27-17-7-12-23(19-27)29-22-13-15-26-16-14-22)18-24(20-8-3-1-4-9-20)21-10-5-2-6-11-21/h1-6,8-11,13-16,23-24H,7,12,17-19H2/t23-/m1/s1. The van der Waals surface area contributed by atoms with Crippen molar-refractivity contribution >= 4 is 5.91 Å². The Morgan fingerprint density at radius 3 is 2.21 bits per heavy atom. The predicted octanol–water partition coefficient (Wildman–Crippen LogP) is 4.67. The summed E-state index contributed by atoms with van der Waals surface area (Å²) in [6, 6.07) is 24.3. The Kier molecular flexibility index (Phi) is 6.20. The minimum Gasteiger partial charge on any atom is -0.488 e. The zero-order valence-electron chi connectivity index (χ0n) is 16.5. The van der Waals surface area contributed by atoms with E-state index in [0.717, 1.165) is 25.1 Å². The normalized spacial score (nSPS) is 16.6. The Balaban J connectivity index is 1.46. The molecule has 0 N–H and O–H groups in total. The number of amides is 1. The molecule has 148 valence electrons. The van der Waals surface area contributed by atoms with Crippen LogP contribution in [-0.4, -0.2) is 35.0 Å². The van der Waals surface area contributed by atoms with E-state index in [1.54, 1.807) is 12.4 Å². The summed E-state index contributed by atoms with van der Waals surface area (Å²) in [6.45, 7) is 1.43. The van der Waals surface area contributed by atoms with Crippen molar-refractivity contribution in [1.82, 2.24) is 9.88 Å². The fourth-order valence-corrected chi connectivity index (χ4v) is 3.97. The molecule has 1 amide bonds. The number of piperidine rings is 1. The van der Waals surface area contributed by atoms with E-state index in [2.05, 4.69) is 29.2 Å². The van der Waals surface area contributed by atoms with Gasteiger partial charge in [0.1, 0.15) is 11.9 Å². The smallest absolute Gasteiger partial charge is 0.223 e. The number of carbonyl (C=O) groups is 1. The van der Waals surface area contributed by atoms with Gasteiger partial charge in [0.25, 0.3) is 0 Å². The zero-order chi connectivity index (χ0) is 19.9. The molecule has 1 aliphatic heterocycles. The molecular formula is C25H26N2O2. The highest BCUT2D eigenvalue weighted by molar-refractivity contribution is 5.78. The van der Waals surface area contributed by atoms with Crippen molar-refractivity contribution in [1.29, 1.82) is 0 Å². The van der Waals surface area contributed by atoms with E-state index in [1.165, 1.54) is 11.1 Å². The Morgan fingerprint density at radius 1 is 0.966 bits per heavy atom. The predicted molar refractivity (Wildman–Crippen MR) is 114 cm³/mol. The first-order valence-corrected chi connectivity index (χ1v) is 10.2. The number of hydrogen-bond acceptors (Lipinski definition) is 3. The van der Waals surface area contributed by atoms with Gasteiger partial charge in [0, 0.05) is 31.3 Å². The van der Waals surface area contributed by atoms with E-state index < -0.39 is 0 Å². The number of rotatable bonds is 6. The van der Waals surface area contributed by atoms with Crippen LogP contribution in [0, 0.1) is 0 Å². The monoisotopic (exact) mass is 386 g/mol. The van der Waals surface area contributed by atoms with Gasteiger partial charge in [-0.1, -0.05) is 60.7 Å². The number of hydrogen-bond donors (Lipinski definition) is 0. The summed E-state index contributed by atoms with van der Waals surface area (Å²) < 4.78 is 6.08. The fourth-order valence-electron chi connectivity index (χ4n) is 3.97. The van der Waals surface area contributed by atoms with Crippen LogP contribution in [0.3, 0.4) is 0 Å². The maximum absolute atomic E-state index is 13.2. The number of benzene rings is 2. The molecule has 3 aromatic rings. The lowest BCUT2D eigenvalue weighted by molar-refractivity contribution is -0.134. The molecule has 2 aromatic carbocycles. The largest absolute Gasteiger partial charge is 0.488 e. The topological polar surface area (TPSA) is 42.4 Å². The maximum atomic E-state index is 13.2. The van der Waals surface area contributed by atoms with Gasteiger partial charge in [0.15, 0.2) is 0 Å². The second kappa shape index (κ2) is 9.37. The van der Waals surface area contributed by atoms with Gasteiger partial charge in [-0.2, -0.15) is 0 Å². The maximum Gasteiger partial charge on any atom is 0.223 e. The zero-order valence-corrected chi connectivity index (χ0v) is 16.5. The lowest BCUT2D eigenvalue weighted by atomic mass is 9.88. The SMILES string of the molecule is O=C(CC(c1ccccc1)c1ccccc1)N1CCC[C@@H](Oc2ccncc2)C1. The van der Waals surface area contributed by atoms with Crippen molar-refractivity contribution in [2.45, 2.75) is 31.3 Å². The van der Waals surface area contributed by atoms with E-state index in [9.17, 15) is 4.79 Å². The molecule has 1 saturated heterocycles. The van der Waals surface area contributed by atoms with Crippen molar-refractivity contribution in [3.05, 3.63) is 96.3 Å². The number of carbonyl (C=O) groups excluding carboxylic acids is 1. The molecule has 2 heterocycles. The van der Waals surface area contributed by atoms with E-state index >= 15 is 0 Å². The molecule has 0 unspecified atom stereocenters. The van der Waals surface area contributed by atoms with Crippen LogP contribution in [0.15, 0.2) is 85.2 Å². The van der Waals surface area contributed by atoms with E-state index in [0.29, 0.717) is 13.0 Å². The molecule has 0 aliphatic carbocycles. The summed E-state index contributed by atoms with van der Waals surface area (Å²) in [6.07, 6.45) is 5.88. The molecule has 1 aromatic heterocycles. The Hall–Kier alpha value is -3.14. The van der Waals surface area contributed by atoms with Crippen LogP contribution in [0.5, 0.6) is 5.75 Å². The number of pyridine rings is 1. The number of aromatic nitrogens is 1. The lowest BCUT2D eigenvalue weighted by Crippen LogP contribution is -2.44. The number of ether oxygens (including phenoxy) is 1. The van der Waals surface area contributed by atoms with Crippen molar-refractivity contribution in [2.24, 2.45) is 0 Å². The number of nitrogens with zero attached hydrogens (tertiary/aromatic N) is 2. The molecular weight excluding hydrogens is 360 g/mol. The highest BCUT2D eigenvalue weighted by Gasteiger charge is 2.27. The van der Waals surface area contributed by atoms with Gasteiger partial charge in [0.05, 0.1) is 6.54 Å². The first-order chi connectivity index (χ1) is 14.3. The fraction of sp³-hybridized carbons (Fsp3) is 0.280. The number of likely N-dealkylation sites (tertiary alicyclic amines) is 1. The Morgan fingerprint density at radius 2 is 1.59 bits per heavy atom. The van der Waals surface area contributed by atoms with Gasteiger partial charge in [-0.25, -0.2) is 0 Å². The van der Waals surface area contributed by atoms with Crippen molar-refractivity contribution in [2.75, 3.05) is 13.1 Å². The molecule has 0 bridgehead atoms. The van der Waals surface area contributed by atoms with Crippen molar-refractivity contribution in [3.63, 3.8) is 0 Å². The minimum absolute atomic E-state index is 0.0296. The first kappa shape index (κ1) is 19.2. The summed E-state index contributed by atoms with van der Waals surface area (Å²) in [5.74, 6) is 1.06. The van der Waals surface area contributed by atoms with Gasteiger partial charge in [0.2, 0.25) is 5.91 Å². The second-order valence-corrected chi connectivity index (χ2v) is 7.48. The average Bonchev–Trinajstić information content (AvgIpc) is 2.79. The third kappa shape index (κ3) is 5.02. The second-order valence-electron chi connectivity index (χ2n) is 7.48. The van der Waals surface area contributed by atoms with Crippen LogP contribution in [0.2, 0.25) is 0 Å². The van der Waals surface area contributed by atoms with Crippen LogP contribution in [-0.2, 0) is 4.79 Å². The van der Waals surface area contributed by atoms with Crippen LogP contribution in [0.1, 0.15) is 36.3 Å². The Labute approximate surface area is 172 Å². The third-order valence-corrected chi connectivity index (χ3v) is 5.47. The Bertz CT molecular complexity index is 860. The van der Waals surface area contributed by atoms with Crippen LogP contribution in [0.25, 0.3) is 0 Å². The summed E-state index contributed by atoms with van der Waals surface area (Å²) >= 11 is 0. The molecule has 0 spiro atoms. The molecule has 29 heavy (non-hydrogen) atoms.